The first-order valence-electron chi connectivity index (χ1n) is 9.16. The number of rotatable bonds is 3. The standard InChI is InChI=1S/C21H22N4O2/c1-15(26)25-12-10-24(11-13-25)14-16-6-8-17(9-7-16)20-22-19-5-3-2-4-18(19)21(27)23-20/h2-9H,10-14H2,1H3,(H,22,23,27). The van der Waals surface area contributed by atoms with Gasteiger partial charge in [0.25, 0.3) is 5.56 Å². The van der Waals surface area contributed by atoms with Gasteiger partial charge in [-0.15, -0.1) is 0 Å². The highest BCUT2D eigenvalue weighted by atomic mass is 16.2. The molecule has 1 fully saturated rings. The average Bonchev–Trinajstić information content (AvgIpc) is 2.69. The van der Waals surface area contributed by atoms with Crippen LogP contribution in [0.25, 0.3) is 22.3 Å². The van der Waals surface area contributed by atoms with Crippen LogP contribution in [0.2, 0.25) is 0 Å². The second-order valence-electron chi connectivity index (χ2n) is 6.91. The molecule has 0 bridgehead atoms. The number of carbonyl (C=O) groups is 1. The molecule has 1 aromatic heterocycles. The lowest BCUT2D eigenvalue weighted by Crippen LogP contribution is -2.47. The third-order valence-corrected chi connectivity index (χ3v) is 5.06. The van der Waals surface area contributed by atoms with Crippen molar-refractivity contribution < 1.29 is 4.79 Å². The molecule has 6 nitrogen and oxygen atoms in total. The van der Waals surface area contributed by atoms with E-state index in [1.165, 1.54) is 5.56 Å². The van der Waals surface area contributed by atoms with Gasteiger partial charge >= 0.3 is 0 Å². The van der Waals surface area contributed by atoms with E-state index < -0.39 is 0 Å². The Balaban J connectivity index is 1.48. The minimum absolute atomic E-state index is 0.122. The Morgan fingerprint density at radius 3 is 2.44 bits per heavy atom. The highest BCUT2D eigenvalue weighted by Gasteiger charge is 2.18. The number of aromatic amines is 1. The van der Waals surface area contributed by atoms with Crippen LogP contribution in [0.3, 0.4) is 0 Å². The van der Waals surface area contributed by atoms with Crippen LogP contribution in [0.15, 0.2) is 53.3 Å². The molecule has 0 spiro atoms. The van der Waals surface area contributed by atoms with Crippen LogP contribution in [0, 0.1) is 0 Å². The van der Waals surface area contributed by atoms with Crippen LogP contribution in [0.5, 0.6) is 0 Å². The monoisotopic (exact) mass is 362 g/mol. The molecule has 1 aliphatic heterocycles. The predicted octanol–water partition coefficient (Wildman–Crippen LogP) is 2.25. The third kappa shape index (κ3) is 3.75. The molecule has 1 N–H and O–H groups in total. The number of para-hydroxylation sites is 1. The number of H-pyrrole nitrogens is 1. The minimum Gasteiger partial charge on any atom is -0.340 e. The molecule has 0 atom stereocenters. The lowest BCUT2D eigenvalue weighted by Gasteiger charge is -2.34. The summed E-state index contributed by atoms with van der Waals surface area (Å²) in [5.41, 5.74) is 2.67. The zero-order valence-electron chi connectivity index (χ0n) is 15.3. The van der Waals surface area contributed by atoms with Crippen LogP contribution in [0.4, 0.5) is 0 Å². The first-order valence-corrected chi connectivity index (χ1v) is 9.16. The Morgan fingerprint density at radius 2 is 1.74 bits per heavy atom. The van der Waals surface area contributed by atoms with Gasteiger partial charge in [-0.3, -0.25) is 14.5 Å². The number of aromatic nitrogens is 2. The smallest absolute Gasteiger partial charge is 0.259 e. The number of fused-ring (bicyclic) bond motifs is 1. The molecule has 1 amide bonds. The van der Waals surface area contributed by atoms with Gasteiger partial charge in [0.1, 0.15) is 5.82 Å². The van der Waals surface area contributed by atoms with Gasteiger partial charge in [0, 0.05) is 45.2 Å². The molecule has 3 aromatic rings. The quantitative estimate of drug-likeness (QED) is 0.776. The first kappa shape index (κ1) is 17.4. The number of carbonyl (C=O) groups excluding carboxylic acids is 1. The van der Waals surface area contributed by atoms with Crippen molar-refractivity contribution in [1.82, 2.24) is 19.8 Å². The maximum Gasteiger partial charge on any atom is 0.259 e. The number of nitrogens with one attached hydrogen (secondary N) is 1. The van der Waals surface area contributed by atoms with Crippen molar-refractivity contribution in [1.29, 1.82) is 0 Å². The summed E-state index contributed by atoms with van der Waals surface area (Å²) in [4.78, 5) is 35.3. The number of hydrogen-bond donors (Lipinski definition) is 1. The summed E-state index contributed by atoms with van der Waals surface area (Å²) in [5.74, 6) is 0.733. The summed E-state index contributed by atoms with van der Waals surface area (Å²) in [6.45, 7) is 5.83. The molecule has 2 heterocycles. The zero-order valence-corrected chi connectivity index (χ0v) is 15.3. The third-order valence-electron chi connectivity index (χ3n) is 5.06. The summed E-state index contributed by atoms with van der Waals surface area (Å²) < 4.78 is 0. The highest BCUT2D eigenvalue weighted by molar-refractivity contribution is 5.79. The lowest BCUT2D eigenvalue weighted by molar-refractivity contribution is -0.130. The van der Waals surface area contributed by atoms with Gasteiger partial charge in [0.15, 0.2) is 0 Å². The number of nitrogens with zero attached hydrogens (tertiary/aromatic N) is 3. The fraction of sp³-hybridized carbons (Fsp3) is 0.286. The van der Waals surface area contributed by atoms with Crippen molar-refractivity contribution in [2.24, 2.45) is 0 Å². The van der Waals surface area contributed by atoms with Gasteiger partial charge in [0.05, 0.1) is 10.9 Å². The molecule has 2 aromatic carbocycles. The molecule has 27 heavy (non-hydrogen) atoms. The second kappa shape index (κ2) is 7.32. The van der Waals surface area contributed by atoms with Crippen molar-refractivity contribution in [2.75, 3.05) is 26.2 Å². The summed E-state index contributed by atoms with van der Waals surface area (Å²) in [7, 11) is 0. The lowest BCUT2D eigenvalue weighted by atomic mass is 10.1. The van der Waals surface area contributed by atoms with Gasteiger partial charge in [-0.05, 0) is 17.7 Å². The maximum atomic E-state index is 12.2. The topological polar surface area (TPSA) is 69.3 Å². The van der Waals surface area contributed by atoms with Crippen LogP contribution in [-0.4, -0.2) is 51.9 Å². The molecule has 0 aliphatic carbocycles. The van der Waals surface area contributed by atoms with Crippen LogP contribution >= 0.6 is 0 Å². The number of hydrogen-bond acceptors (Lipinski definition) is 4. The summed E-state index contributed by atoms with van der Waals surface area (Å²) >= 11 is 0. The summed E-state index contributed by atoms with van der Waals surface area (Å²) in [5, 5.41) is 0.600. The van der Waals surface area contributed by atoms with E-state index >= 15 is 0 Å². The number of piperazine rings is 1. The van der Waals surface area contributed by atoms with Crippen molar-refractivity contribution in [3.05, 3.63) is 64.4 Å². The van der Waals surface area contributed by atoms with E-state index in [-0.39, 0.29) is 11.5 Å². The number of benzene rings is 2. The molecular weight excluding hydrogens is 340 g/mol. The van der Waals surface area contributed by atoms with Gasteiger partial charge in [0.2, 0.25) is 5.91 Å². The molecule has 138 valence electrons. The van der Waals surface area contributed by atoms with Crippen LogP contribution < -0.4 is 5.56 Å². The summed E-state index contributed by atoms with van der Waals surface area (Å²) in [6, 6.07) is 15.5. The molecule has 1 saturated heterocycles. The van der Waals surface area contributed by atoms with Gasteiger partial charge in [-0.25, -0.2) is 4.98 Å². The highest BCUT2D eigenvalue weighted by Crippen LogP contribution is 2.18. The van der Waals surface area contributed by atoms with Crippen molar-refractivity contribution in [2.45, 2.75) is 13.5 Å². The van der Waals surface area contributed by atoms with Crippen molar-refractivity contribution in [3.8, 4) is 11.4 Å². The van der Waals surface area contributed by atoms with E-state index in [0.717, 1.165) is 38.3 Å². The minimum atomic E-state index is -0.122. The van der Waals surface area contributed by atoms with E-state index in [1.807, 2.05) is 35.2 Å². The van der Waals surface area contributed by atoms with Crippen LogP contribution in [0.1, 0.15) is 12.5 Å². The predicted molar refractivity (Wildman–Crippen MR) is 105 cm³/mol. The van der Waals surface area contributed by atoms with Gasteiger partial charge < -0.3 is 9.88 Å². The summed E-state index contributed by atoms with van der Waals surface area (Å²) in [6.07, 6.45) is 0. The van der Waals surface area contributed by atoms with E-state index in [4.69, 9.17) is 0 Å². The van der Waals surface area contributed by atoms with E-state index in [1.54, 1.807) is 13.0 Å². The maximum absolute atomic E-state index is 12.2. The Bertz CT molecular complexity index is 1020. The fourth-order valence-corrected chi connectivity index (χ4v) is 3.47. The molecule has 4 rings (SSSR count). The first-order chi connectivity index (χ1) is 13.1. The molecule has 0 saturated carbocycles. The molecular formula is C21H22N4O2. The average molecular weight is 362 g/mol. The Hall–Kier alpha value is -2.99. The molecule has 0 unspecified atom stereocenters. The van der Waals surface area contributed by atoms with E-state index in [0.29, 0.717) is 16.7 Å². The molecule has 0 radical (unpaired) electrons. The fourth-order valence-electron chi connectivity index (χ4n) is 3.47. The van der Waals surface area contributed by atoms with E-state index in [9.17, 15) is 9.59 Å². The second-order valence-corrected chi connectivity index (χ2v) is 6.91. The zero-order chi connectivity index (χ0) is 18.8. The van der Waals surface area contributed by atoms with Crippen molar-refractivity contribution in [3.63, 3.8) is 0 Å². The normalized spacial score (nSPS) is 15.2. The molecule has 6 heteroatoms. The van der Waals surface area contributed by atoms with Gasteiger partial charge in [-0.1, -0.05) is 36.4 Å². The Kier molecular flexibility index (Phi) is 4.73. The Labute approximate surface area is 157 Å². The van der Waals surface area contributed by atoms with Crippen molar-refractivity contribution >= 4 is 16.8 Å². The SMILES string of the molecule is CC(=O)N1CCN(Cc2ccc(-c3nc4ccccc4c(=O)[nH]3)cc2)CC1. The largest absolute Gasteiger partial charge is 0.340 e. The number of amides is 1. The van der Waals surface area contributed by atoms with Crippen LogP contribution in [-0.2, 0) is 11.3 Å². The van der Waals surface area contributed by atoms with E-state index in [2.05, 4.69) is 27.0 Å². The molecule has 1 aliphatic rings. The Morgan fingerprint density at radius 1 is 1.04 bits per heavy atom. The van der Waals surface area contributed by atoms with Gasteiger partial charge in [-0.2, -0.15) is 0 Å².